The van der Waals surface area contributed by atoms with Crippen LogP contribution in [-0.2, 0) is 4.74 Å². The van der Waals surface area contributed by atoms with Crippen LogP contribution < -0.4 is 16.0 Å². The number of likely N-dealkylation sites (N-methyl/N-ethyl adjacent to an activating group) is 1. The first-order chi connectivity index (χ1) is 13.3. The number of benzene rings is 1. The molecule has 8 nitrogen and oxygen atoms in total. The molecule has 1 unspecified atom stereocenters. The maximum atomic E-state index is 12.2. The van der Waals surface area contributed by atoms with Crippen LogP contribution in [0.25, 0.3) is 0 Å². The number of furan rings is 1. The van der Waals surface area contributed by atoms with E-state index in [0.717, 1.165) is 5.76 Å². The van der Waals surface area contributed by atoms with Crippen molar-refractivity contribution in [2.75, 3.05) is 37.9 Å². The average molecular weight is 388 g/mol. The molecular weight excluding hydrogens is 360 g/mol. The normalized spacial score (nSPS) is 11.9. The fourth-order valence-electron chi connectivity index (χ4n) is 2.45. The number of ether oxygens (including phenoxy) is 1. The Hall–Kier alpha value is -3.00. The molecule has 0 saturated heterocycles. The molecule has 1 aromatic carbocycles. The smallest absolute Gasteiger partial charge is 0.411 e. The standard InChI is InChI=1S/C20H28N4O4/c1-14(2)13-28-20(26)23-16-8-5-7-15(11-16)22-19(25)21-12-17(24(3)4)18-9-6-10-27-18/h5-11,14,17H,12-13H2,1-4H3,(H,23,26)(H2,21,22,25). The maximum Gasteiger partial charge on any atom is 0.411 e. The summed E-state index contributed by atoms with van der Waals surface area (Å²) in [5, 5.41) is 8.23. The van der Waals surface area contributed by atoms with Crippen molar-refractivity contribution in [3.63, 3.8) is 0 Å². The lowest BCUT2D eigenvalue weighted by Crippen LogP contribution is -2.36. The van der Waals surface area contributed by atoms with Crippen LogP contribution in [0, 0.1) is 5.92 Å². The van der Waals surface area contributed by atoms with Gasteiger partial charge in [0.2, 0.25) is 0 Å². The second kappa shape index (κ2) is 10.4. The van der Waals surface area contributed by atoms with Gasteiger partial charge in [-0.3, -0.25) is 10.2 Å². The zero-order valence-corrected chi connectivity index (χ0v) is 16.7. The van der Waals surface area contributed by atoms with E-state index in [-0.39, 0.29) is 18.0 Å². The first kappa shape index (κ1) is 21.3. The third-order valence-electron chi connectivity index (χ3n) is 3.87. The highest BCUT2D eigenvalue weighted by Crippen LogP contribution is 2.18. The quantitative estimate of drug-likeness (QED) is 0.637. The van der Waals surface area contributed by atoms with Gasteiger partial charge in [0.05, 0.1) is 18.9 Å². The number of rotatable bonds is 8. The Bertz CT molecular complexity index is 759. The van der Waals surface area contributed by atoms with Gasteiger partial charge in [-0.1, -0.05) is 19.9 Å². The van der Waals surface area contributed by atoms with Crippen molar-refractivity contribution in [1.29, 1.82) is 0 Å². The number of amides is 3. The van der Waals surface area contributed by atoms with Gasteiger partial charge in [-0.25, -0.2) is 9.59 Å². The Balaban J connectivity index is 1.87. The zero-order chi connectivity index (χ0) is 20.5. The lowest BCUT2D eigenvalue weighted by Gasteiger charge is -2.22. The molecule has 152 valence electrons. The van der Waals surface area contributed by atoms with Gasteiger partial charge in [-0.15, -0.1) is 0 Å². The van der Waals surface area contributed by atoms with Gasteiger partial charge in [-0.2, -0.15) is 0 Å². The molecule has 3 amide bonds. The van der Waals surface area contributed by atoms with Crippen molar-refractivity contribution in [1.82, 2.24) is 10.2 Å². The number of hydrogen-bond donors (Lipinski definition) is 3. The number of anilines is 2. The topological polar surface area (TPSA) is 95.8 Å². The summed E-state index contributed by atoms with van der Waals surface area (Å²) < 4.78 is 10.5. The molecule has 1 heterocycles. The fraction of sp³-hybridized carbons (Fsp3) is 0.400. The van der Waals surface area contributed by atoms with E-state index in [1.54, 1.807) is 30.5 Å². The van der Waals surface area contributed by atoms with E-state index < -0.39 is 6.09 Å². The highest BCUT2D eigenvalue weighted by Gasteiger charge is 2.17. The second-order valence-electron chi connectivity index (χ2n) is 7.03. The highest BCUT2D eigenvalue weighted by atomic mass is 16.5. The molecule has 1 atom stereocenters. The SMILES string of the molecule is CC(C)COC(=O)Nc1cccc(NC(=O)NCC(c2ccco2)N(C)C)c1. The fourth-order valence-corrected chi connectivity index (χ4v) is 2.45. The Labute approximate surface area is 165 Å². The summed E-state index contributed by atoms with van der Waals surface area (Å²) in [6.45, 7) is 4.65. The van der Waals surface area contributed by atoms with E-state index in [1.807, 2.05) is 45.0 Å². The summed E-state index contributed by atoms with van der Waals surface area (Å²) in [7, 11) is 3.83. The number of nitrogens with zero attached hydrogens (tertiary/aromatic N) is 1. The summed E-state index contributed by atoms with van der Waals surface area (Å²) >= 11 is 0. The van der Waals surface area contributed by atoms with Crippen LogP contribution in [-0.4, -0.2) is 44.3 Å². The average Bonchev–Trinajstić information content (AvgIpc) is 3.14. The Morgan fingerprint density at radius 2 is 1.82 bits per heavy atom. The number of carbonyl (C=O) groups is 2. The molecule has 8 heteroatoms. The van der Waals surface area contributed by atoms with Crippen molar-refractivity contribution in [2.45, 2.75) is 19.9 Å². The van der Waals surface area contributed by atoms with Gasteiger partial charge < -0.3 is 19.8 Å². The third kappa shape index (κ3) is 6.96. The molecule has 3 N–H and O–H groups in total. The predicted octanol–water partition coefficient (Wildman–Crippen LogP) is 3.91. The monoisotopic (exact) mass is 388 g/mol. The zero-order valence-electron chi connectivity index (χ0n) is 16.7. The molecule has 0 radical (unpaired) electrons. The minimum atomic E-state index is -0.525. The second-order valence-corrected chi connectivity index (χ2v) is 7.03. The van der Waals surface area contributed by atoms with Crippen molar-refractivity contribution in [3.8, 4) is 0 Å². The largest absolute Gasteiger partial charge is 0.468 e. The van der Waals surface area contributed by atoms with E-state index >= 15 is 0 Å². The minimum Gasteiger partial charge on any atom is -0.468 e. The molecule has 0 fully saturated rings. The Morgan fingerprint density at radius 1 is 1.11 bits per heavy atom. The summed E-state index contributed by atoms with van der Waals surface area (Å²) in [6.07, 6.45) is 1.08. The van der Waals surface area contributed by atoms with Crippen LogP contribution in [0.4, 0.5) is 21.0 Å². The van der Waals surface area contributed by atoms with E-state index in [9.17, 15) is 9.59 Å². The molecule has 1 aromatic heterocycles. The first-order valence-electron chi connectivity index (χ1n) is 9.13. The van der Waals surface area contributed by atoms with Crippen molar-refractivity contribution < 1.29 is 18.7 Å². The van der Waals surface area contributed by atoms with Gasteiger partial charge >= 0.3 is 12.1 Å². The molecule has 28 heavy (non-hydrogen) atoms. The molecule has 2 aromatic rings. The van der Waals surface area contributed by atoms with Crippen LogP contribution in [0.2, 0.25) is 0 Å². The van der Waals surface area contributed by atoms with E-state index in [2.05, 4.69) is 16.0 Å². The van der Waals surface area contributed by atoms with Crippen LogP contribution in [0.15, 0.2) is 47.1 Å². The maximum absolute atomic E-state index is 12.2. The van der Waals surface area contributed by atoms with Crippen molar-refractivity contribution >= 4 is 23.5 Å². The molecule has 0 aliphatic carbocycles. The van der Waals surface area contributed by atoms with Gasteiger partial charge in [-0.05, 0) is 50.3 Å². The lowest BCUT2D eigenvalue weighted by atomic mass is 10.2. The van der Waals surface area contributed by atoms with Gasteiger partial charge in [0.15, 0.2) is 0 Å². The van der Waals surface area contributed by atoms with Gasteiger partial charge in [0.25, 0.3) is 0 Å². The van der Waals surface area contributed by atoms with E-state index in [1.165, 1.54) is 0 Å². The van der Waals surface area contributed by atoms with Crippen molar-refractivity contribution in [3.05, 3.63) is 48.4 Å². The molecule has 0 bridgehead atoms. The van der Waals surface area contributed by atoms with Gasteiger partial charge in [0.1, 0.15) is 5.76 Å². The number of carbonyl (C=O) groups excluding carboxylic acids is 2. The Kier molecular flexibility index (Phi) is 7.88. The van der Waals surface area contributed by atoms with Crippen LogP contribution in [0.1, 0.15) is 25.6 Å². The summed E-state index contributed by atoms with van der Waals surface area (Å²) in [5.41, 5.74) is 1.09. The Morgan fingerprint density at radius 3 is 2.43 bits per heavy atom. The van der Waals surface area contributed by atoms with E-state index in [4.69, 9.17) is 9.15 Å². The summed E-state index contributed by atoms with van der Waals surface area (Å²) in [5.74, 6) is 1.03. The number of nitrogens with one attached hydrogen (secondary N) is 3. The molecule has 0 saturated carbocycles. The first-order valence-corrected chi connectivity index (χ1v) is 9.13. The minimum absolute atomic E-state index is 0.0792. The molecule has 0 aliphatic heterocycles. The number of hydrogen-bond acceptors (Lipinski definition) is 5. The lowest BCUT2D eigenvalue weighted by molar-refractivity contribution is 0.147. The van der Waals surface area contributed by atoms with Crippen LogP contribution >= 0.6 is 0 Å². The molecule has 2 rings (SSSR count). The van der Waals surface area contributed by atoms with Crippen LogP contribution in [0.3, 0.4) is 0 Å². The molecular formula is C20H28N4O4. The third-order valence-corrected chi connectivity index (χ3v) is 3.87. The van der Waals surface area contributed by atoms with Crippen molar-refractivity contribution in [2.24, 2.45) is 5.92 Å². The van der Waals surface area contributed by atoms with Crippen LogP contribution in [0.5, 0.6) is 0 Å². The summed E-state index contributed by atoms with van der Waals surface area (Å²) in [6, 6.07) is 10.1. The van der Waals surface area contributed by atoms with E-state index in [0.29, 0.717) is 24.5 Å². The molecule has 0 aliphatic rings. The predicted molar refractivity (Wildman–Crippen MR) is 108 cm³/mol. The van der Waals surface area contributed by atoms with Gasteiger partial charge in [0, 0.05) is 17.9 Å². The highest BCUT2D eigenvalue weighted by molar-refractivity contribution is 5.91. The summed E-state index contributed by atoms with van der Waals surface area (Å²) in [4.78, 5) is 26.0. The molecule has 0 spiro atoms. The number of urea groups is 1.